The summed E-state index contributed by atoms with van der Waals surface area (Å²) < 4.78 is 0. The largest absolute Gasteiger partial charge is 0.0625 e. The minimum Gasteiger partial charge on any atom is -0.0625 e. The first-order chi connectivity index (χ1) is 8.48. The van der Waals surface area contributed by atoms with Crippen molar-refractivity contribution in [3.8, 4) is 0 Å². The van der Waals surface area contributed by atoms with E-state index in [1.807, 2.05) is 0 Å². The molecule has 116 valence electrons. The average molecular weight is 269 g/mol. The minimum atomic E-state index is 0.433. The monoisotopic (exact) mass is 268 g/mol. The molecule has 0 saturated carbocycles. The van der Waals surface area contributed by atoms with Crippen molar-refractivity contribution in [2.24, 2.45) is 40.9 Å². The van der Waals surface area contributed by atoms with E-state index in [1.165, 1.54) is 12.8 Å². The van der Waals surface area contributed by atoms with Crippen molar-refractivity contribution in [2.75, 3.05) is 0 Å². The molecule has 0 heterocycles. The van der Waals surface area contributed by atoms with Crippen LogP contribution in [0.1, 0.15) is 82.1 Å². The van der Waals surface area contributed by atoms with Crippen LogP contribution in [-0.2, 0) is 0 Å². The Morgan fingerprint density at radius 1 is 0.632 bits per heavy atom. The quantitative estimate of drug-likeness (QED) is 0.485. The van der Waals surface area contributed by atoms with Crippen molar-refractivity contribution in [3.05, 3.63) is 0 Å². The van der Waals surface area contributed by atoms with Crippen molar-refractivity contribution in [1.29, 1.82) is 0 Å². The molecule has 0 heteroatoms. The molecule has 2 atom stereocenters. The molecule has 0 aromatic carbocycles. The van der Waals surface area contributed by atoms with Gasteiger partial charge in [-0.2, -0.15) is 0 Å². The summed E-state index contributed by atoms with van der Waals surface area (Å²) in [6, 6.07) is 0. The van der Waals surface area contributed by atoms with Crippen molar-refractivity contribution in [1.82, 2.24) is 0 Å². The molecule has 19 heavy (non-hydrogen) atoms. The van der Waals surface area contributed by atoms with Gasteiger partial charge in [0.1, 0.15) is 0 Å². The van der Waals surface area contributed by atoms with Gasteiger partial charge in [0.05, 0.1) is 0 Å². The molecule has 0 rings (SSSR count). The molecule has 0 amide bonds. The second-order valence-corrected chi connectivity index (χ2v) is 8.80. The lowest BCUT2D eigenvalue weighted by Crippen LogP contribution is -2.31. The Hall–Kier alpha value is 0. The van der Waals surface area contributed by atoms with Crippen molar-refractivity contribution in [3.63, 3.8) is 0 Å². The van der Waals surface area contributed by atoms with Gasteiger partial charge in [-0.25, -0.2) is 0 Å². The SMILES string of the molecule is CC(C)C(C)C(CCC(C(C)C)C(C)C)C(C)(C)C. The zero-order valence-corrected chi connectivity index (χ0v) is 15.4. The number of rotatable bonds is 7. The van der Waals surface area contributed by atoms with E-state index in [0.29, 0.717) is 5.41 Å². The molecular weight excluding hydrogens is 228 g/mol. The molecule has 2 unspecified atom stereocenters. The van der Waals surface area contributed by atoms with Crippen LogP contribution < -0.4 is 0 Å². The van der Waals surface area contributed by atoms with E-state index in [4.69, 9.17) is 0 Å². The highest BCUT2D eigenvalue weighted by Crippen LogP contribution is 2.40. The molecule has 0 aliphatic carbocycles. The zero-order chi connectivity index (χ0) is 15.4. The van der Waals surface area contributed by atoms with Gasteiger partial charge in [0, 0.05) is 0 Å². The summed E-state index contributed by atoms with van der Waals surface area (Å²) in [5, 5.41) is 0. The molecule has 0 aliphatic heterocycles. The molecule has 0 saturated heterocycles. The Labute approximate surface area is 123 Å². The summed E-state index contributed by atoms with van der Waals surface area (Å²) >= 11 is 0. The summed E-state index contributed by atoms with van der Waals surface area (Å²) in [4.78, 5) is 0. The first-order valence-corrected chi connectivity index (χ1v) is 8.48. The Balaban J connectivity index is 4.76. The molecular formula is C19H40. The van der Waals surface area contributed by atoms with Gasteiger partial charge in [0.2, 0.25) is 0 Å². The lowest BCUT2D eigenvalue weighted by Gasteiger charge is -2.39. The maximum Gasteiger partial charge on any atom is -0.0337 e. The Morgan fingerprint density at radius 2 is 1.05 bits per heavy atom. The van der Waals surface area contributed by atoms with Crippen LogP contribution >= 0.6 is 0 Å². The van der Waals surface area contributed by atoms with E-state index >= 15 is 0 Å². The first kappa shape index (κ1) is 19.0. The topological polar surface area (TPSA) is 0 Å². The van der Waals surface area contributed by atoms with Gasteiger partial charge in [0.15, 0.2) is 0 Å². The first-order valence-electron chi connectivity index (χ1n) is 8.48. The van der Waals surface area contributed by atoms with Gasteiger partial charge < -0.3 is 0 Å². The minimum absolute atomic E-state index is 0.433. The molecule has 0 aliphatic rings. The average Bonchev–Trinajstić information content (AvgIpc) is 2.20. The molecule has 0 radical (unpaired) electrons. The second kappa shape index (κ2) is 7.70. The standard InChI is InChI=1S/C19H40/c1-13(2)16(7)18(19(8,9)10)12-11-17(14(3)4)15(5)6/h13-18H,11-12H2,1-10H3. The smallest absolute Gasteiger partial charge is 0.0337 e. The maximum atomic E-state index is 2.46. The van der Waals surface area contributed by atoms with Crippen LogP contribution in [0.5, 0.6) is 0 Å². The highest BCUT2D eigenvalue weighted by molar-refractivity contribution is 4.81. The molecule has 0 N–H and O–H groups in total. The summed E-state index contributed by atoms with van der Waals surface area (Å²) in [6.07, 6.45) is 2.79. The third-order valence-electron chi connectivity index (χ3n) is 5.32. The van der Waals surface area contributed by atoms with Gasteiger partial charge in [-0.1, -0.05) is 69.2 Å². The van der Waals surface area contributed by atoms with E-state index in [-0.39, 0.29) is 0 Å². The van der Waals surface area contributed by atoms with E-state index in [1.54, 1.807) is 0 Å². The number of hydrogen-bond acceptors (Lipinski definition) is 0. The van der Waals surface area contributed by atoms with Gasteiger partial charge >= 0.3 is 0 Å². The molecule has 0 aromatic heterocycles. The Kier molecular flexibility index (Phi) is 7.70. The van der Waals surface area contributed by atoms with Crippen LogP contribution in [0.4, 0.5) is 0 Å². The Morgan fingerprint density at radius 3 is 1.32 bits per heavy atom. The fourth-order valence-corrected chi connectivity index (χ4v) is 3.76. The van der Waals surface area contributed by atoms with Gasteiger partial charge in [-0.3, -0.25) is 0 Å². The Bertz CT molecular complexity index is 221. The third kappa shape index (κ3) is 6.32. The van der Waals surface area contributed by atoms with E-state index in [9.17, 15) is 0 Å². The zero-order valence-electron chi connectivity index (χ0n) is 15.4. The van der Waals surface area contributed by atoms with Gasteiger partial charge in [-0.15, -0.1) is 0 Å². The molecule has 0 spiro atoms. The fraction of sp³-hybridized carbons (Fsp3) is 1.00. The second-order valence-electron chi connectivity index (χ2n) is 8.80. The molecule has 0 aromatic rings. The molecule has 0 fully saturated rings. The fourth-order valence-electron chi connectivity index (χ4n) is 3.76. The van der Waals surface area contributed by atoms with Crippen molar-refractivity contribution >= 4 is 0 Å². The maximum absolute atomic E-state index is 2.46. The van der Waals surface area contributed by atoms with Crippen LogP contribution in [0.3, 0.4) is 0 Å². The van der Waals surface area contributed by atoms with E-state index in [0.717, 1.165) is 35.5 Å². The highest BCUT2D eigenvalue weighted by Gasteiger charge is 2.32. The van der Waals surface area contributed by atoms with Crippen LogP contribution in [0.25, 0.3) is 0 Å². The van der Waals surface area contributed by atoms with Crippen LogP contribution in [-0.4, -0.2) is 0 Å². The molecule has 0 bridgehead atoms. The summed E-state index contributed by atoms with van der Waals surface area (Å²) in [5.74, 6) is 4.96. The lowest BCUT2D eigenvalue weighted by molar-refractivity contribution is 0.106. The highest BCUT2D eigenvalue weighted by atomic mass is 14.4. The van der Waals surface area contributed by atoms with Gasteiger partial charge in [-0.05, 0) is 53.8 Å². The predicted molar refractivity (Wildman–Crippen MR) is 89.3 cm³/mol. The van der Waals surface area contributed by atoms with Crippen LogP contribution in [0, 0.1) is 40.9 Å². The summed E-state index contributed by atoms with van der Waals surface area (Å²) in [5.41, 5.74) is 0.433. The van der Waals surface area contributed by atoms with Crippen LogP contribution in [0.2, 0.25) is 0 Å². The lowest BCUT2D eigenvalue weighted by atomic mass is 9.66. The third-order valence-corrected chi connectivity index (χ3v) is 5.32. The predicted octanol–water partition coefficient (Wildman–Crippen LogP) is 6.65. The summed E-state index contributed by atoms with van der Waals surface area (Å²) in [7, 11) is 0. The van der Waals surface area contributed by atoms with Crippen molar-refractivity contribution < 1.29 is 0 Å². The molecule has 0 nitrogen and oxygen atoms in total. The normalized spacial score (nSPS) is 16.7. The van der Waals surface area contributed by atoms with Crippen LogP contribution in [0.15, 0.2) is 0 Å². The van der Waals surface area contributed by atoms with E-state index < -0.39 is 0 Å². The van der Waals surface area contributed by atoms with E-state index in [2.05, 4.69) is 69.2 Å². The number of hydrogen-bond donors (Lipinski definition) is 0. The van der Waals surface area contributed by atoms with Crippen molar-refractivity contribution in [2.45, 2.75) is 82.1 Å². The van der Waals surface area contributed by atoms with Gasteiger partial charge in [0.25, 0.3) is 0 Å². The summed E-state index contributed by atoms with van der Waals surface area (Å²) in [6.45, 7) is 24.1.